The first kappa shape index (κ1) is 57.0. The molecular weight excluding hydrogens is 1230 g/mol. The maximum absolute atomic E-state index is 12.7. The molecule has 89 heavy (non-hydrogen) atoms. The molecule has 0 spiro atoms. The molecular formula is C64H40N12O8S5. The van der Waals surface area contributed by atoms with E-state index in [1.165, 1.54) is 76.3 Å². The number of carbonyl (C=O) groups is 5. The number of rotatable bonds is 13. The van der Waals surface area contributed by atoms with Crippen molar-refractivity contribution in [1.82, 2.24) is 59.8 Å². The first-order valence-electron chi connectivity index (χ1n) is 26.7. The van der Waals surface area contributed by atoms with E-state index in [9.17, 15) is 24.0 Å². The summed E-state index contributed by atoms with van der Waals surface area (Å²) in [5, 5.41) is 15.2. The van der Waals surface area contributed by atoms with E-state index in [0.717, 1.165) is 65.7 Å². The van der Waals surface area contributed by atoms with Crippen molar-refractivity contribution in [2.24, 2.45) is 0 Å². The number of carbonyl (C=O) groups excluding carboxylic acids is 5. The molecule has 0 fully saturated rings. The lowest BCUT2D eigenvalue weighted by atomic mass is 10.1. The Bertz CT molecular complexity index is 5020. The highest BCUT2D eigenvalue weighted by atomic mass is 32.1. The third kappa shape index (κ3) is 12.0. The molecule has 0 aliphatic rings. The molecule has 12 heterocycles. The molecule has 0 saturated heterocycles. The average Bonchev–Trinajstić information content (AvgIpc) is 2.44. The Kier molecular flexibility index (Phi) is 16.3. The van der Waals surface area contributed by atoms with Crippen molar-refractivity contribution in [2.45, 2.75) is 0 Å². The molecule has 12 aromatic heterocycles. The second-order valence-corrected chi connectivity index (χ2v) is 23.2. The van der Waals surface area contributed by atoms with Crippen molar-refractivity contribution in [3.63, 3.8) is 0 Å². The van der Waals surface area contributed by atoms with Gasteiger partial charge in [0.05, 0.1) is 41.3 Å². The van der Waals surface area contributed by atoms with E-state index in [4.69, 9.17) is 8.83 Å². The van der Waals surface area contributed by atoms with Gasteiger partial charge in [-0.15, -0.1) is 56.7 Å². The van der Waals surface area contributed by atoms with Crippen molar-refractivity contribution in [1.29, 1.82) is 0 Å². The monoisotopic (exact) mass is 1260 g/mol. The Morgan fingerprint density at radius 3 is 1.26 bits per heavy atom. The second-order valence-electron chi connectivity index (χ2n) is 18.9. The summed E-state index contributed by atoms with van der Waals surface area (Å²) in [6.07, 6.45) is 14.6. The molecule has 0 unspecified atom stereocenters. The fourth-order valence-corrected chi connectivity index (χ4v) is 12.9. The van der Waals surface area contributed by atoms with Gasteiger partial charge in [-0.3, -0.25) is 24.2 Å². The fraction of sp³-hybridized carbons (Fsp3) is 0.0156. The Hall–Kier alpha value is -11.1. The van der Waals surface area contributed by atoms with E-state index in [1.807, 2.05) is 131 Å². The number of nitrogens with one attached hydrogen (secondary N) is 4. The minimum Gasteiger partial charge on any atom is -0.464 e. The summed E-state index contributed by atoms with van der Waals surface area (Å²) in [6, 6.07) is 36.4. The number of nitrogens with zero attached hydrogens (tertiary/aromatic N) is 8. The van der Waals surface area contributed by atoms with E-state index >= 15 is 0 Å². The number of H-pyrrole nitrogens is 4. The van der Waals surface area contributed by atoms with Crippen LogP contribution in [0.5, 0.6) is 0 Å². The van der Waals surface area contributed by atoms with Gasteiger partial charge in [0.25, 0.3) is 0 Å². The van der Waals surface area contributed by atoms with Gasteiger partial charge in [0.15, 0.2) is 25.7 Å². The first-order chi connectivity index (χ1) is 43.6. The molecule has 0 amide bonds. The van der Waals surface area contributed by atoms with E-state index in [1.54, 1.807) is 54.1 Å². The summed E-state index contributed by atoms with van der Waals surface area (Å²) in [7, 11) is 1.26. The Balaban J connectivity index is 0.000000109. The number of thiazole rings is 5. The van der Waals surface area contributed by atoms with Crippen molar-refractivity contribution in [3.8, 4) is 45.3 Å². The molecule has 16 aromatic rings. The lowest BCUT2D eigenvalue weighted by Crippen LogP contribution is -2.01. The molecule has 20 nitrogen and oxygen atoms in total. The number of ketones is 4. The van der Waals surface area contributed by atoms with Crippen molar-refractivity contribution in [3.05, 3.63) is 246 Å². The molecule has 434 valence electrons. The van der Waals surface area contributed by atoms with Crippen LogP contribution in [-0.2, 0) is 4.74 Å². The van der Waals surface area contributed by atoms with Crippen LogP contribution in [0.1, 0.15) is 72.0 Å². The highest BCUT2D eigenvalue weighted by Crippen LogP contribution is 2.31. The number of hydrogen-bond donors (Lipinski definition) is 4. The molecule has 0 radical (unpaired) electrons. The van der Waals surface area contributed by atoms with E-state index in [2.05, 4.69) is 64.5 Å². The predicted molar refractivity (Wildman–Crippen MR) is 342 cm³/mol. The number of pyridine rings is 1. The molecule has 4 N–H and O–H groups in total. The van der Waals surface area contributed by atoms with Crippen LogP contribution < -0.4 is 0 Å². The summed E-state index contributed by atoms with van der Waals surface area (Å²) in [5.41, 5.74) is 9.50. The third-order valence-electron chi connectivity index (χ3n) is 13.5. The number of benzene rings is 4. The summed E-state index contributed by atoms with van der Waals surface area (Å²) in [5.74, 6) is -0.423. The van der Waals surface area contributed by atoms with Crippen molar-refractivity contribution >= 4 is 129 Å². The highest BCUT2D eigenvalue weighted by Gasteiger charge is 2.24. The van der Waals surface area contributed by atoms with Crippen LogP contribution in [0.15, 0.2) is 207 Å². The van der Waals surface area contributed by atoms with Crippen LogP contribution in [0.25, 0.3) is 88.9 Å². The number of aromatic nitrogens is 12. The van der Waals surface area contributed by atoms with Gasteiger partial charge in [-0.2, -0.15) is 0 Å². The molecule has 25 heteroatoms. The molecule has 0 aliphatic carbocycles. The zero-order valence-electron chi connectivity index (χ0n) is 45.9. The lowest BCUT2D eigenvalue weighted by molar-refractivity contribution is 0.0593. The zero-order valence-corrected chi connectivity index (χ0v) is 50.0. The summed E-state index contributed by atoms with van der Waals surface area (Å²) < 4.78 is 15.0. The number of oxazole rings is 2. The van der Waals surface area contributed by atoms with Gasteiger partial charge in [0.1, 0.15) is 40.3 Å². The molecule has 4 aromatic carbocycles. The Labute approximate surface area is 521 Å². The van der Waals surface area contributed by atoms with Crippen molar-refractivity contribution < 1.29 is 37.5 Å². The Morgan fingerprint density at radius 1 is 0.404 bits per heavy atom. The third-order valence-corrected chi connectivity index (χ3v) is 17.6. The van der Waals surface area contributed by atoms with Crippen molar-refractivity contribution in [2.75, 3.05) is 7.11 Å². The number of ether oxygens (including phenoxy) is 1. The first-order valence-corrected chi connectivity index (χ1v) is 31.1. The number of para-hydroxylation sites is 4. The molecule has 16 rings (SSSR count). The lowest BCUT2D eigenvalue weighted by Gasteiger charge is -1.95. The number of esters is 1. The summed E-state index contributed by atoms with van der Waals surface area (Å²) >= 11 is 6.70. The van der Waals surface area contributed by atoms with E-state index in [0.29, 0.717) is 59.6 Å². The van der Waals surface area contributed by atoms with Gasteiger partial charge >= 0.3 is 5.97 Å². The van der Waals surface area contributed by atoms with Gasteiger partial charge in [0.2, 0.25) is 34.9 Å². The van der Waals surface area contributed by atoms with Gasteiger partial charge in [-0.1, -0.05) is 78.9 Å². The number of hydrogen-bond acceptors (Lipinski definition) is 21. The average molecular weight is 1270 g/mol. The standard InChI is InChI=1S/C17H11N3O4S.C17H11N3OS.C15H9N3O2S.C15H9N3OS2/c1-23-17(22)12-7-24-15(19-12)13-8-25-16(20-13)14(21)10-6-18-11-5-3-2-4-9(10)11;21-16(12-9-19-13-6-2-1-5-11(12)13)17-20-15(10-22-17)14-7-3-4-8-18-14;2*19-13(10-7-17-11-4-2-1-3-9(10)11)15-18-12(8-21-15)14-16-5-6-20-14/h2-8,18H,1H3;1-10,19H;2*1-8,17H. The maximum atomic E-state index is 12.7. The quantitative estimate of drug-likeness (QED) is 0.0616. The molecule has 0 aliphatic heterocycles. The molecule has 0 saturated carbocycles. The fourth-order valence-electron chi connectivity index (χ4n) is 9.23. The largest absolute Gasteiger partial charge is 0.464 e. The minimum absolute atomic E-state index is 0.0509. The van der Waals surface area contributed by atoms with Gasteiger partial charge in [-0.05, 0) is 36.4 Å². The number of fused-ring (bicyclic) bond motifs is 4. The predicted octanol–water partition coefficient (Wildman–Crippen LogP) is 14.7. The van der Waals surface area contributed by atoms with E-state index < -0.39 is 5.97 Å². The zero-order chi connectivity index (χ0) is 60.8. The maximum Gasteiger partial charge on any atom is 0.360 e. The van der Waals surface area contributed by atoms with Gasteiger partial charge < -0.3 is 33.5 Å². The topological polar surface area (TPSA) is 287 Å². The number of aromatic amines is 4. The van der Waals surface area contributed by atoms with Crippen LogP contribution in [0.2, 0.25) is 0 Å². The van der Waals surface area contributed by atoms with Gasteiger partial charge in [-0.25, -0.2) is 39.7 Å². The smallest absolute Gasteiger partial charge is 0.360 e. The van der Waals surface area contributed by atoms with Crippen LogP contribution in [0.4, 0.5) is 0 Å². The van der Waals surface area contributed by atoms with Crippen LogP contribution in [-0.4, -0.2) is 96.0 Å². The second kappa shape index (κ2) is 25.5. The van der Waals surface area contributed by atoms with Crippen LogP contribution in [0, 0.1) is 0 Å². The van der Waals surface area contributed by atoms with Crippen LogP contribution >= 0.6 is 56.7 Å². The van der Waals surface area contributed by atoms with E-state index in [-0.39, 0.29) is 34.7 Å². The normalized spacial score (nSPS) is 11.0. The Morgan fingerprint density at radius 2 is 0.831 bits per heavy atom. The summed E-state index contributed by atoms with van der Waals surface area (Å²) in [6.45, 7) is 0. The highest BCUT2D eigenvalue weighted by molar-refractivity contribution is 7.15. The van der Waals surface area contributed by atoms with Crippen LogP contribution in [0.3, 0.4) is 0 Å². The summed E-state index contributed by atoms with van der Waals surface area (Å²) in [4.78, 5) is 108. The minimum atomic E-state index is -0.597. The van der Waals surface area contributed by atoms with Gasteiger partial charge in [0, 0.05) is 108 Å². The number of methoxy groups -OCH3 is 1. The molecule has 0 atom stereocenters. The molecule has 0 bridgehead atoms. The SMILES string of the molecule is COC(=O)c1coc(-c2csc(C(=O)c3c[nH]c4ccccc34)n2)n1.O=C(c1nc(-c2ccccn2)cs1)c1c[nH]c2ccccc12.O=C(c1nc(-c2ncco2)cs1)c1c[nH]c2ccccc12.O=C(c1nc(-c2nccs2)cs1)c1c[nH]c2ccccc12.